The van der Waals surface area contributed by atoms with Crippen molar-refractivity contribution in [3.63, 3.8) is 0 Å². The summed E-state index contributed by atoms with van der Waals surface area (Å²) in [5.74, 6) is -0.216. The molecule has 1 aromatic heterocycles. The summed E-state index contributed by atoms with van der Waals surface area (Å²) in [6.07, 6.45) is 0. The highest BCUT2D eigenvalue weighted by atomic mass is 16.2. The van der Waals surface area contributed by atoms with Crippen molar-refractivity contribution in [3.8, 4) is 5.69 Å². The van der Waals surface area contributed by atoms with E-state index in [2.05, 4.69) is 5.32 Å². The van der Waals surface area contributed by atoms with Crippen molar-refractivity contribution in [1.82, 2.24) is 9.36 Å². The first-order valence-electron chi connectivity index (χ1n) is 8.96. The number of hydrogen-bond acceptors (Lipinski definition) is 3. The summed E-state index contributed by atoms with van der Waals surface area (Å²) in [6.45, 7) is 4.70. The Bertz CT molecular complexity index is 975. The van der Waals surface area contributed by atoms with E-state index in [1.807, 2.05) is 86.5 Å². The Labute approximate surface area is 158 Å². The summed E-state index contributed by atoms with van der Waals surface area (Å²) >= 11 is 0. The average molecular weight is 364 g/mol. The van der Waals surface area contributed by atoms with Crippen molar-refractivity contribution >= 4 is 17.3 Å². The summed E-state index contributed by atoms with van der Waals surface area (Å²) in [5, 5.41) is 2.81. The second-order valence-electron chi connectivity index (χ2n) is 6.33. The smallest absolute Gasteiger partial charge is 0.295 e. The summed E-state index contributed by atoms with van der Waals surface area (Å²) in [6, 6.07) is 19.1. The predicted molar refractivity (Wildman–Crippen MR) is 109 cm³/mol. The molecule has 0 atom stereocenters. The molecule has 6 heteroatoms. The SMILES string of the molecule is CCN(CC(=O)Nc1c(C)n(C)n(-c2ccccc2)c1=O)c1ccccc1. The summed E-state index contributed by atoms with van der Waals surface area (Å²) in [5.41, 5.74) is 2.52. The molecular formula is C21H24N4O2. The molecule has 1 N–H and O–H groups in total. The van der Waals surface area contributed by atoms with Gasteiger partial charge in [-0.1, -0.05) is 36.4 Å². The molecule has 0 aliphatic rings. The van der Waals surface area contributed by atoms with Gasteiger partial charge in [-0.05, 0) is 38.1 Å². The normalized spacial score (nSPS) is 10.6. The second kappa shape index (κ2) is 7.95. The lowest BCUT2D eigenvalue weighted by molar-refractivity contribution is -0.115. The fourth-order valence-electron chi connectivity index (χ4n) is 3.09. The zero-order valence-corrected chi connectivity index (χ0v) is 15.8. The van der Waals surface area contributed by atoms with Gasteiger partial charge in [-0.2, -0.15) is 0 Å². The van der Waals surface area contributed by atoms with E-state index in [4.69, 9.17) is 0 Å². The number of carbonyl (C=O) groups excluding carboxylic acids is 1. The van der Waals surface area contributed by atoms with Crippen LogP contribution in [0.3, 0.4) is 0 Å². The predicted octanol–water partition coefficient (Wildman–Crippen LogP) is 2.95. The molecule has 0 radical (unpaired) electrons. The van der Waals surface area contributed by atoms with Crippen LogP contribution in [-0.4, -0.2) is 28.4 Å². The zero-order chi connectivity index (χ0) is 19.4. The van der Waals surface area contributed by atoms with Crippen LogP contribution < -0.4 is 15.8 Å². The van der Waals surface area contributed by atoms with Crippen LogP contribution in [0, 0.1) is 6.92 Å². The number of benzene rings is 2. The summed E-state index contributed by atoms with van der Waals surface area (Å²) in [4.78, 5) is 27.5. The molecule has 0 unspecified atom stereocenters. The Balaban J connectivity index is 1.84. The van der Waals surface area contributed by atoms with Crippen molar-refractivity contribution in [2.24, 2.45) is 7.05 Å². The molecule has 3 rings (SSSR count). The van der Waals surface area contributed by atoms with Gasteiger partial charge in [-0.25, -0.2) is 4.68 Å². The third-order valence-electron chi connectivity index (χ3n) is 4.66. The number of amides is 1. The van der Waals surface area contributed by atoms with Gasteiger partial charge in [0.25, 0.3) is 5.56 Å². The summed E-state index contributed by atoms with van der Waals surface area (Å²) < 4.78 is 3.31. The quantitative estimate of drug-likeness (QED) is 0.732. The fourth-order valence-corrected chi connectivity index (χ4v) is 3.09. The van der Waals surface area contributed by atoms with Gasteiger partial charge in [0, 0.05) is 19.3 Å². The highest BCUT2D eigenvalue weighted by Crippen LogP contribution is 2.15. The number of nitrogens with zero attached hydrogens (tertiary/aromatic N) is 3. The Kier molecular flexibility index (Phi) is 5.45. The number of rotatable bonds is 6. The molecule has 0 aliphatic heterocycles. The van der Waals surface area contributed by atoms with E-state index in [0.717, 1.165) is 11.4 Å². The molecule has 2 aromatic carbocycles. The van der Waals surface area contributed by atoms with E-state index < -0.39 is 0 Å². The van der Waals surface area contributed by atoms with Gasteiger partial charge in [0.05, 0.1) is 17.9 Å². The lowest BCUT2D eigenvalue weighted by Gasteiger charge is -2.22. The maximum Gasteiger partial charge on any atom is 0.295 e. The number of aromatic nitrogens is 2. The maximum atomic E-state index is 12.9. The Morgan fingerprint density at radius 2 is 1.63 bits per heavy atom. The van der Waals surface area contributed by atoms with Gasteiger partial charge in [0.2, 0.25) is 5.91 Å². The van der Waals surface area contributed by atoms with E-state index in [9.17, 15) is 9.59 Å². The first kappa shape index (κ1) is 18.5. The van der Waals surface area contributed by atoms with Crippen molar-refractivity contribution in [1.29, 1.82) is 0 Å². The molecule has 0 aliphatic carbocycles. The maximum absolute atomic E-state index is 12.9. The van der Waals surface area contributed by atoms with E-state index in [1.54, 1.807) is 9.36 Å². The lowest BCUT2D eigenvalue weighted by Crippen LogP contribution is -2.34. The zero-order valence-electron chi connectivity index (χ0n) is 15.8. The fraction of sp³-hybridized carbons (Fsp3) is 0.238. The minimum Gasteiger partial charge on any atom is -0.362 e. The van der Waals surface area contributed by atoms with Crippen LogP contribution in [0.4, 0.5) is 11.4 Å². The third kappa shape index (κ3) is 3.79. The van der Waals surface area contributed by atoms with E-state index in [-0.39, 0.29) is 18.0 Å². The molecule has 0 saturated heterocycles. The molecule has 6 nitrogen and oxygen atoms in total. The van der Waals surface area contributed by atoms with Gasteiger partial charge in [-0.3, -0.25) is 14.3 Å². The number of nitrogens with one attached hydrogen (secondary N) is 1. The Morgan fingerprint density at radius 3 is 2.22 bits per heavy atom. The van der Waals surface area contributed by atoms with E-state index >= 15 is 0 Å². The van der Waals surface area contributed by atoms with Crippen LogP contribution in [0.2, 0.25) is 0 Å². The van der Waals surface area contributed by atoms with Gasteiger partial charge in [0.15, 0.2) is 0 Å². The van der Waals surface area contributed by atoms with Crippen LogP contribution >= 0.6 is 0 Å². The standard InChI is InChI=1S/C21H24N4O2/c1-4-24(17-11-7-5-8-12-17)15-19(26)22-20-16(2)23(3)25(21(20)27)18-13-9-6-10-14-18/h5-14H,4,15H2,1-3H3,(H,22,26). The first-order valence-corrected chi connectivity index (χ1v) is 8.96. The van der Waals surface area contributed by atoms with Crippen molar-refractivity contribution in [2.75, 3.05) is 23.3 Å². The number of hydrogen-bond donors (Lipinski definition) is 1. The molecule has 0 saturated carbocycles. The minimum absolute atomic E-state index is 0.180. The molecule has 140 valence electrons. The van der Waals surface area contributed by atoms with Crippen LogP contribution in [-0.2, 0) is 11.8 Å². The van der Waals surface area contributed by atoms with E-state index in [1.165, 1.54) is 0 Å². The van der Waals surface area contributed by atoms with Gasteiger partial charge in [0.1, 0.15) is 5.69 Å². The largest absolute Gasteiger partial charge is 0.362 e. The highest BCUT2D eigenvalue weighted by molar-refractivity contribution is 5.94. The topological polar surface area (TPSA) is 59.3 Å². The number of para-hydroxylation sites is 2. The van der Waals surface area contributed by atoms with Crippen LogP contribution in [0.25, 0.3) is 5.69 Å². The van der Waals surface area contributed by atoms with E-state index in [0.29, 0.717) is 17.9 Å². The molecule has 0 spiro atoms. The van der Waals surface area contributed by atoms with Crippen molar-refractivity contribution < 1.29 is 4.79 Å². The molecule has 3 aromatic rings. The highest BCUT2D eigenvalue weighted by Gasteiger charge is 2.19. The number of anilines is 2. The minimum atomic E-state index is -0.239. The number of likely N-dealkylation sites (N-methyl/N-ethyl adjacent to an activating group) is 1. The molecule has 27 heavy (non-hydrogen) atoms. The van der Waals surface area contributed by atoms with Crippen molar-refractivity contribution in [3.05, 3.63) is 76.7 Å². The molecule has 1 amide bonds. The van der Waals surface area contributed by atoms with Crippen LogP contribution in [0.5, 0.6) is 0 Å². The van der Waals surface area contributed by atoms with Gasteiger partial charge in [-0.15, -0.1) is 0 Å². The molecule has 0 fully saturated rings. The van der Waals surface area contributed by atoms with Crippen LogP contribution in [0.1, 0.15) is 12.6 Å². The monoisotopic (exact) mass is 364 g/mol. The number of carbonyl (C=O) groups is 1. The lowest BCUT2D eigenvalue weighted by atomic mass is 10.3. The second-order valence-corrected chi connectivity index (χ2v) is 6.33. The third-order valence-corrected chi connectivity index (χ3v) is 4.66. The summed E-state index contributed by atoms with van der Waals surface area (Å²) in [7, 11) is 1.81. The van der Waals surface area contributed by atoms with Crippen molar-refractivity contribution in [2.45, 2.75) is 13.8 Å². The van der Waals surface area contributed by atoms with Gasteiger partial charge >= 0.3 is 0 Å². The molecule has 1 heterocycles. The van der Waals surface area contributed by atoms with Crippen LogP contribution in [0.15, 0.2) is 65.5 Å². The molecular weight excluding hydrogens is 340 g/mol. The van der Waals surface area contributed by atoms with Gasteiger partial charge < -0.3 is 10.2 Å². The average Bonchev–Trinajstić information content (AvgIpc) is 2.90. The Morgan fingerprint density at radius 1 is 1.04 bits per heavy atom. The molecule has 0 bridgehead atoms. The first-order chi connectivity index (χ1) is 13.0. The Hall–Kier alpha value is -3.28.